The van der Waals surface area contributed by atoms with Gasteiger partial charge >= 0.3 is 5.97 Å². The topological polar surface area (TPSA) is 29.5 Å². The smallest absolute Gasteiger partial charge is 0.310 e. The maximum Gasteiger partial charge on any atom is 0.310 e. The Morgan fingerprint density at radius 2 is 2.05 bits per heavy atom. The third-order valence-corrected chi connectivity index (χ3v) is 4.92. The molecule has 3 nitrogen and oxygen atoms in total. The molecule has 1 saturated carbocycles. The van der Waals surface area contributed by atoms with Gasteiger partial charge in [-0.3, -0.25) is 9.69 Å². The minimum atomic E-state index is 0.0232. The maximum atomic E-state index is 11.9. The Labute approximate surface area is 117 Å². The van der Waals surface area contributed by atoms with Gasteiger partial charge < -0.3 is 4.74 Å². The van der Waals surface area contributed by atoms with E-state index in [0.29, 0.717) is 6.61 Å². The quantitative estimate of drug-likeness (QED) is 0.732. The molecule has 3 heteroatoms. The number of esters is 1. The van der Waals surface area contributed by atoms with Crippen molar-refractivity contribution in [1.29, 1.82) is 0 Å². The number of piperidine rings is 1. The third kappa shape index (κ3) is 3.95. The third-order valence-electron chi connectivity index (χ3n) is 4.92. The van der Waals surface area contributed by atoms with Gasteiger partial charge in [-0.2, -0.15) is 0 Å². The predicted octanol–water partition coefficient (Wildman–Crippen LogP) is 3.23. The molecule has 0 amide bonds. The normalized spacial score (nSPS) is 33.1. The molecular formula is C16H29NO2. The summed E-state index contributed by atoms with van der Waals surface area (Å²) in [4.78, 5) is 14.5. The molecule has 1 aliphatic carbocycles. The van der Waals surface area contributed by atoms with Gasteiger partial charge in [0.2, 0.25) is 0 Å². The van der Waals surface area contributed by atoms with Crippen molar-refractivity contribution in [3.8, 4) is 0 Å². The van der Waals surface area contributed by atoms with Crippen LogP contribution in [0.4, 0.5) is 0 Å². The molecule has 0 spiro atoms. The summed E-state index contributed by atoms with van der Waals surface area (Å²) in [7, 11) is 0. The Bertz CT molecular complexity index is 292. The van der Waals surface area contributed by atoms with Crippen molar-refractivity contribution in [2.75, 3.05) is 19.7 Å². The van der Waals surface area contributed by atoms with E-state index in [4.69, 9.17) is 4.74 Å². The van der Waals surface area contributed by atoms with Crippen LogP contribution in [-0.4, -0.2) is 36.6 Å². The van der Waals surface area contributed by atoms with Crippen molar-refractivity contribution in [3.05, 3.63) is 0 Å². The van der Waals surface area contributed by atoms with E-state index < -0.39 is 0 Å². The van der Waals surface area contributed by atoms with Crippen molar-refractivity contribution in [2.45, 2.75) is 64.8 Å². The molecule has 2 unspecified atom stereocenters. The second kappa shape index (κ2) is 7.28. The molecular weight excluding hydrogens is 238 g/mol. The van der Waals surface area contributed by atoms with Crippen LogP contribution in [0.15, 0.2) is 0 Å². The lowest BCUT2D eigenvalue weighted by molar-refractivity contribution is -0.150. The molecule has 3 atom stereocenters. The predicted molar refractivity (Wildman–Crippen MR) is 77.0 cm³/mol. The number of rotatable bonds is 4. The van der Waals surface area contributed by atoms with E-state index in [2.05, 4.69) is 11.8 Å². The number of carbonyl (C=O) groups is 1. The molecule has 1 saturated heterocycles. The summed E-state index contributed by atoms with van der Waals surface area (Å²) in [6.07, 6.45) is 8.91. The Morgan fingerprint density at radius 3 is 2.79 bits per heavy atom. The first-order valence-electron chi connectivity index (χ1n) is 8.15. The first kappa shape index (κ1) is 14.8. The summed E-state index contributed by atoms with van der Waals surface area (Å²) in [5, 5.41) is 0. The summed E-state index contributed by atoms with van der Waals surface area (Å²) >= 11 is 0. The van der Waals surface area contributed by atoms with Gasteiger partial charge in [-0.05, 0) is 45.1 Å². The molecule has 0 aromatic carbocycles. The number of ether oxygens (including phenoxy) is 1. The Kier molecular flexibility index (Phi) is 5.68. The van der Waals surface area contributed by atoms with Crippen LogP contribution in [0.1, 0.15) is 58.8 Å². The summed E-state index contributed by atoms with van der Waals surface area (Å²) in [6.45, 7) is 6.82. The largest absolute Gasteiger partial charge is 0.466 e. The second-order valence-corrected chi connectivity index (χ2v) is 6.18. The molecule has 0 aromatic heterocycles. The highest BCUT2D eigenvalue weighted by molar-refractivity contribution is 5.72. The van der Waals surface area contributed by atoms with E-state index in [1.807, 2.05) is 6.92 Å². The van der Waals surface area contributed by atoms with Gasteiger partial charge in [0, 0.05) is 12.6 Å². The lowest BCUT2D eigenvalue weighted by atomic mass is 9.82. The van der Waals surface area contributed by atoms with Crippen molar-refractivity contribution < 1.29 is 9.53 Å². The molecule has 0 bridgehead atoms. The molecule has 1 aliphatic heterocycles. The van der Waals surface area contributed by atoms with E-state index >= 15 is 0 Å². The van der Waals surface area contributed by atoms with Gasteiger partial charge in [-0.15, -0.1) is 0 Å². The van der Waals surface area contributed by atoms with Gasteiger partial charge in [0.15, 0.2) is 0 Å². The fraction of sp³-hybridized carbons (Fsp3) is 0.938. The van der Waals surface area contributed by atoms with Crippen LogP contribution in [0, 0.1) is 11.8 Å². The lowest BCUT2D eigenvalue weighted by Gasteiger charge is -2.41. The van der Waals surface area contributed by atoms with Crippen LogP contribution >= 0.6 is 0 Å². The summed E-state index contributed by atoms with van der Waals surface area (Å²) in [5.74, 6) is 1.05. The van der Waals surface area contributed by atoms with Gasteiger partial charge in [0.05, 0.1) is 12.5 Å². The average Bonchev–Trinajstić information content (AvgIpc) is 2.48. The zero-order valence-electron chi connectivity index (χ0n) is 12.6. The van der Waals surface area contributed by atoms with Crippen LogP contribution in [-0.2, 0) is 9.53 Å². The summed E-state index contributed by atoms with van der Waals surface area (Å²) < 4.78 is 5.19. The highest BCUT2D eigenvalue weighted by atomic mass is 16.5. The van der Waals surface area contributed by atoms with Crippen LogP contribution < -0.4 is 0 Å². The van der Waals surface area contributed by atoms with Crippen molar-refractivity contribution in [3.63, 3.8) is 0 Å². The average molecular weight is 267 g/mol. The molecule has 0 radical (unpaired) electrons. The molecule has 2 aliphatic rings. The fourth-order valence-corrected chi connectivity index (χ4v) is 3.76. The Morgan fingerprint density at radius 1 is 1.21 bits per heavy atom. The number of carbonyl (C=O) groups excluding carboxylic acids is 1. The molecule has 110 valence electrons. The minimum absolute atomic E-state index is 0.0232. The van der Waals surface area contributed by atoms with Crippen LogP contribution in [0.2, 0.25) is 0 Å². The highest BCUT2D eigenvalue weighted by Gasteiger charge is 2.32. The van der Waals surface area contributed by atoms with Crippen molar-refractivity contribution >= 4 is 5.97 Å². The molecule has 2 fully saturated rings. The zero-order chi connectivity index (χ0) is 13.7. The standard InChI is InChI=1S/C16H29NO2/c1-3-13-7-5-9-15(11-13)17-10-6-8-14(12-17)16(18)19-4-2/h13-15H,3-12H2,1-2H3/t13?,14-,15?/m0/s1. The molecule has 2 rings (SSSR count). The Balaban J connectivity index is 1.87. The van der Waals surface area contributed by atoms with Crippen molar-refractivity contribution in [2.24, 2.45) is 11.8 Å². The molecule has 0 aromatic rings. The van der Waals surface area contributed by atoms with Crippen LogP contribution in [0.25, 0.3) is 0 Å². The van der Waals surface area contributed by atoms with E-state index in [1.54, 1.807) is 0 Å². The molecule has 1 heterocycles. The molecule has 0 N–H and O–H groups in total. The molecule has 19 heavy (non-hydrogen) atoms. The first-order valence-corrected chi connectivity index (χ1v) is 8.15. The fourth-order valence-electron chi connectivity index (χ4n) is 3.76. The van der Waals surface area contributed by atoms with Crippen molar-refractivity contribution in [1.82, 2.24) is 4.90 Å². The van der Waals surface area contributed by atoms with Crippen LogP contribution in [0.3, 0.4) is 0 Å². The maximum absolute atomic E-state index is 11.9. The van der Waals surface area contributed by atoms with Gasteiger partial charge in [-0.25, -0.2) is 0 Å². The second-order valence-electron chi connectivity index (χ2n) is 6.18. The highest BCUT2D eigenvalue weighted by Crippen LogP contribution is 2.32. The van der Waals surface area contributed by atoms with E-state index in [-0.39, 0.29) is 11.9 Å². The van der Waals surface area contributed by atoms with E-state index in [0.717, 1.165) is 31.3 Å². The minimum Gasteiger partial charge on any atom is -0.466 e. The van der Waals surface area contributed by atoms with E-state index in [9.17, 15) is 4.79 Å². The lowest BCUT2D eigenvalue weighted by Crippen LogP contribution is -2.46. The van der Waals surface area contributed by atoms with Gasteiger partial charge in [0.25, 0.3) is 0 Å². The Hall–Kier alpha value is -0.570. The summed E-state index contributed by atoms with van der Waals surface area (Å²) in [5.41, 5.74) is 0. The zero-order valence-corrected chi connectivity index (χ0v) is 12.6. The van der Waals surface area contributed by atoms with Gasteiger partial charge in [-0.1, -0.05) is 26.2 Å². The number of hydrogen-bond donors (Lipinski definition) is 0. The number of nitrogens with zero attached hydrogens (tertiary/aromatic N) is 1. The SMILES string of the molecule is CCOC(=O)[C@H]1CCCN(C2CCCC(CC)C2)C1. The monoisotopic (exact) mass is 267 g/mol. The summed E-state index contributed by atoms with van der Waals surface area (Å²) in [6, 6.07) is 0.718. The number of likely N-dealkylation sites (tertiary alicyclic amines) is 1. The van der Waals surface area contributed by atoms with E-state index in [1.165, 1.54) is 38.6 Å². The first-order chi connectivity index (χ1) is 9.24. The van der Waals surface area contributed by atoms with Gasteiger partial charge in [0.1, 0.15) is 0 Å². The van der Waals surface area contributed by atoms with Crippen LogP contribution in [0.5, 0.6) is 0 Å². The number of hydrogen-bond acceptors (Lipinski definition) is 3.